The van der Waals surface area contributed by atoms with Crippen LogP contribution in [0.25, 0.3) is 16.9 Å². The minimum atomic E-state index is -0.267. The van der Waals surface area contributed by atoms with Crippen LogP contribution in [0.3, 0.4) is 0 Å². The first-order valence-electron chi connectivity index (χ1n) is 9.68. The van der Waals surface area contributed by atoms with Crippen LogP contribution in [0.4, 0.5) is 0 Å². The van der Waals surface area contributed by atoms with Gasteiger partial charge in [-0.05, 0) is 36.2 Å². The van der Waals surface area contributed by atoms with Crippen molar-refractivity contribution in [1.29, 1.82) is 0 Å². The van der Waals surface area contributed by atoms with E-state index in [0.29, 0.717) is 34.9 Å². The summed E-state index contributed by atoms with van der Waals surface area (Å²) in [6.45, 7) is 1.25. The summed E-state index contributed by atoms with van der Waals surface area (Å²) in [6.07, 6.45) is 8.98. The van der Waals surface area contributed by atoms with Gasteiger partial charge in [-0.2, -0.15) is 5.10 Å². The van der Waals surface area contributed by atoms with Crippen molar-refractivity contribution in [3.05, 3.63) is 77.2 Å². The Kier molecular flexibility index (Phi) is 5.88. The van der Waals surface area contributed by atoms with Crippen LogP contribution in [0.1, 0.15) is 16.8 Å². The van der Waals surface area contributed by atoms with Crippen LogP contribution >= 0.6 is 0 Å². The second kappa shape index (κ2) is 9.08. The lowest BCUT2D eigenvalue weighted by atomic mass is 10.1. The van der Waals surface area contributed by atoms with E-state index in [0.717, 1.165) is 13.0 Å². The highest BCUT2D eigenvalue weighted by molar-refractivity contribution is 5.93. The second-order valence-electron chi connectivity index (χ2n) is 6.70. The summed E-state index contributed by atoms with van der Waals surface area (Å²) >= 11 is 0. The largest absolute Gasteiger partial charge is 0.481 e. The number of hydrogen-bond donors (Lipinski definition) is 2. The summed E-state index contributed by atoms with van der Waals surface area (Å²) in [5.41, 5.74) is 1.29. The zero-order valence-corrected chi connectivity index (χ0v) is 16.9. The molecular weight excluding hydrogens is 398 g/mol. The van der Waals surface area contributed by atoms with E-state index in [9.17, 15) is 9.59 Å². The Morgan fingerprint density at radius 3 is 2.87 bits per heavy atom. The van der Waals surface area contributed by atoms with Gasteiger partial charge in [0.15, 0.2) is 5.82 Å². The van der Waals surface area contributed by atoms with Crippen molar-refractivity contribution < 1.29 is 9.53 Å². The highest BCUT2D eigenvalue weighted by Crippen LogP contribution is 2.19. The molecule has 4 rings (SSSR count). The maximum atomic E-state index is 12.8. The zero-order chi connectivity index (χ0) is 21.6. The predicted molar refractivity (Wildman–Crippen MR) is 113 cm³/mol. The monoisotopic (exact) mass is 419 g/mol. The number of nitrogens with one attached hydrogen (secondary N) is 2. The average Bonchev–Trinajstić information content (AvgIpc) is 3.46. The molecule has 10 nitrogen and oxygen atoms in total. The summed E-state index contributed by atoms with van der Waals surface area (Å²) < 4.78 is 8.24. The number of carbonyl (C=O) groups is 1. The van der Waals surface area contributed by atoms with Crippen LogP contribution in [-0.2, 0) is 6.54 Å². The Morgan fingerprint density at radius 1 is 1.23 bits per heavy atom. The molecule has 4 aromatic rings. The van der Waals surface area contributed by atoms with E-state index in [4.69, 9.17) is 4.74 Å². The molecule has 0 radical (unpaired) electrons. The molecule has 2 N–H and O–H groups in total. The molecule has 0 bridgehead atoms. The molecule has 0 aliphatic carbocycles. The van der Waals surface area contributed by atoms with Gasteiger partial charge in [0.1, 0.15) is 0 Å². The van der Waals surface area contributed by atoms with Crippen LogP contribution in [0.15, 0.2) is 66.1 Å². The van der Waals surface area contributed by atoms with Gasteiger partial charge in [0.25, 0.3) is 11.5 Å². The molecule has 0 saturated heterocycles. The number of rotatable bonds is 8. The molecule has 4 heterocycles. The number of H-pyrrole nitrogens is 1. The molecule has 0 saturated carbocycles. The fraction of sp³-hybridized carbons (Fsp3) is 0.190. The third-order valence-corrected chi connectivity index (χ3v) is 4.67. The average molecular weight is 419 g/mol. The topological polar surface area (TPSA) is 120 Å². The summed E-state index contributed by atoms with van der Waals surface area (Å²) in [4.78, 5) is 33.4. The smallest absolute Gasteiger partial charge is 0.280 e. The van der Waals surface area contributed by atoms with Crippen molar-refractivity contribution in [2.45, 2.75) is 13.0 Å². The van der Waals surface area contributed by atoms with E-state index in [1.165, 1.54) is 18.0 Å². The third kappa shape index (κ3) is 4.53. The van der Waals surface area contributed by atoms with Crippen LogP contribution in [0.5, 0.6) is 5.88 Å². The third-order valence-electron chi connectivity index (χ3n) is 4.67. The van der Waals surface area contributed by atoms with Crippen molar-refractivity contribution in [2.24, 2.45) is 0 Å². The van der Waals surface area contributed by atoms with Gasteiger partial charge in [0, 0.05) is 50.1 Å². The number of pyridine rings is 2. The van der Waals surface area contributed by atoms with Crippen LogP contribution < -0.4 is 15.6 Å². The van der Waals surface area contributed by atoms with E-state index < -0.39 is 0 Å². The molecule has 0 atom stereocenters. The summed E-state index contributed by atoms with van der Waals surface area (Å²) in [5.74, 6) is 0.582. The molecule has 31 heavy (non-hydrogen) atoms. The first-order chi connectivity index (χ1) is 15.2. The van der Waals surface area contributed by atoms with Gasteiger partial charge >= 0.3 is 0 Å². The molecule has 4 aromatic heterocycles. The van der Waals surface area contributed by atoms with Gasteiger partial charge in [-0.25, -0.2) is 14.6 Å². The number of methoxy groups -OCH3 is 1. The number of aromatic nitrogens is 6. The summed E-state index contributed by atoms with van der Waals surface area (Å²) in [7, 11) is 1.52. The van der Waals surface area contributed by atoms with Gasteiger partial charge in [0.2, 0.25) is 5.88 Å². The lowest BCUT2D eigenvalue weighted by molar-refractivity contribution is 0.0952. The molecule has 0 aliphatic heterocycles. The quantitative estimate of drug-likeness (QED) is 0.419. The predicted octanol–water partition coefficient (Wildman–Crippen LogP) is 1.65. The van der Waals surface area contributed by atoms with Crippen LogP contribution in [0.2, 0.25) is 0 Å². The Labute approximate surface area is 177 Å². The van der Waals surface area contributed by atoms with Crippen molar-refractivity contribution in [1.82, 2.24) is 34.8 Å². The normalized spacial score (nSPS) is 10.7. The number of amides is 1. The van der Waals surface area contributed by atoms with E-state index in [1.807, 2.05) is 16.9 Å². The molecular formula is C21H21N7O3. The Balaban J connectivity index is 1.41. The number of hydrogen-bond acceptors (Lipinski definition) is 6. The van der Waals surface area contributed by atoms with Gasteiger partial charge < -0.3 is 10.1 Å². The SMILES string of the molecule is COc1cc(-c2c[nH]n(-c3ccc(C(=O)NCCCn4cccn4)cn3)c2=O)ccn1. The number of nitrogens with zero attached hydrogens (tertiary/aromatic N) is 5. The van der Waals surface area contributed by atoms with Gasteiger partial charge in [-0.15, -0.1) is 0 Å². The fourth-order valence-corrected chi connectivity index (χ4v) is 3.07. The van der Waals surface area contributed by atoms with Crippen LogP contribution in [0, 0.1) is 0 Å². The molecule has 0 aromatic carbocycles. The first-order valence-corrected chi connectivity index (χ1v) is 9.68. The standard InChI is InChI=1S/C21H21N7O3/c1-31-19-12-15(6-9-22-19)17-14-26-28(21(17)30)18-5-4-16(13-24-18)20(29)23-7-2-10-27-11-3-8-25-27/h3-6,8-9,11-14,26H,2,7,10H2,1H3,(H,23,29). The number of carbonyl (C=O) groups excluding carboxylic acids is 1. The van der Waals surface area contributed by atoms with Gasteiger partial charge in [-0.1, -0.05) is 0 Å². The Morgan fingerprint density at radius 2 is 2.13 bits per heavy atom. The zero-order valence-electron chi connectivity index (χ0n) is 16.9. The number of ether oxygens (including phenoxy) is 1. The Bertz CT molecular complexity index is 1210. The highest BCUT2D eigenvalue weighted by Gasteiger charge is 2.13. The lowest BCUT2D eigenvalue weighted by Gasteiger charge is -2.06. The van der Waals surface area contributed by atoms with Crippen molar-refractivity contribution in [2.75, 3.05) is 13.7 Å². The minimum Gasteiger partial charge on any atom is -0.481 e. The molecule has 158 valence electrons. The lowest BCUT2D eigenvalue weighted by Crippen LogP contribution is -2.25. The van der Waals surface area contributed by atoms with E-state index in [2.05, 4.69) is 25.5 Å². The van der Waals surface area contributed by atoms with Crippen molar-refractivity contribution in [3.63, 3.8) is 0 Å². The summed E-state index contributed by atoms with van der Waals surface area (Å²) in [5, 5.41) is 9.88. The number of aromatic amines is 1. The Hall–Kier alpha value is -4.21. The van der Waals surface area contributed by atoms with E-state index in [-0.39, 0.29) is 11.5 Å². The molecule has 0 fully saturated rings. The van der Waals surface area contributed by atoms with E-state index in [1.54, 1.807) is 42.9 Å². The second-order valence-corrected chi connectivity index (χ2v) is 6.70. The van der Waals surface area contributed by atoms with Gasteiger partial charge in [0.05, 0.1) is 18.2 Å². The molecule has 10 heteroatoms. The minimum absolute atomic E-state index is 0.220. The van der Waals surface area contributed by atoms with Gasteiger partial charge in [-0.3, -0.25) is 19.4 Å². The first kappa shape index (κ1) is 20.1. The highest BCUT2D eigenvalue weighted by atomic mass is 16.5. The summed E-state index contributed by atoms with van der Waals surface area (Å²) in [6, 6.07) is 8.52. The van der Waals surface area contributed by atoms with Crippen LogP contribution in [-0.4, -0.2) is 49.1 Å². The molecule has 0 spiro atoms. The molecule has 1 amide bonds. The fourth-order valence-electron chi connectivity index (χ4n) is 3.07. The van der Waals surface area contributed by atoms with Crippen molar-refractivity contribution in [3.8, 4) is 22.8 Å². The molecule has 0 unspecified atom stereocenters. The van der Waals surface area contributed by atoms with E-state index >= 15 is 0 Å². The molecule has 0 aliphatic rings. The number of aryl methyl sites for hydroxylation is 1. The van der Waals surface area contributed by atoms with Crippen molar-refractivity contribution >= 4 is 5.91 Å². The maximum Gasteiger partial charge on any atom is 0.280 e. The maximum absolute atomic E-state index is 12.8.